The quantitative estimate of drug-likeness (QED) is 0.856. The SMILES string of the molecule is CCc1nc(CN2CCOCC2)sc1CO. The second kappa shape index (κ2) is 5.72. The van der Waals surface area contributed by atoms with Crippen LogP contribution in [0.25, 0.3) is 0 Å². The molecule has 0 aromatic carbocycles. The first-order valence-electron chi connectivity index (χ1n) is 5.72. The highest BCUT2D eigenvalue weighted by Gasteiger charge is 2.14. The summed E-state index contributed by atoms with van der Waals surface area (Å²) in [5, 5.41) is 10.3. The average Bonchev–Trinajstić information content (AvgIpc) is 2.72. The molecule has 5 heteroatoms. The van der Waals surface area contributed by atoms with Gasteiger partial charge in [0.25, 0.3) is 0 Å². The Hall–Kier alpha value is -0.490. The fourth-order valence-electron chi connectivity index (χ4n) is 1.85. The predicted molar refractivity (Wildman–Crippen MR) is 63.5 cm³/mol. The molecular weight excluding hydrogens is 224 g/mol. The number of rotatable bonds is 4. The molecular formula is C11H18N2O2S. The van der Waals surface area contributed by atoms with Crippen molar-refractivity contribution in [3.63, 3.8) is 0 Å². The Balaban J connectivity index is 2.00. The summed E-state index contributed by atoms with van der Waals surface area (Å²) in [5.74, 6) is 0. The highest BCUT2D eigenvalue weighted by atomic mass is 32.1. The zero-order valence-electron chi connectivity index (χ0n) is 9.61. The lowest BCUT2D eigenvalue weighted by molar-refractivity contribution is 0.0341. The van der Waals surface area contributed by atoms with Crippen molar-refractivity contribution in [2.45, 2.75) is 26.5 Å². The molecule has 2 heterocycles. The van der Waals surface area contributed by atoms with E-state index < -0.39 is 0 Å². The maximum Gasteiger partial charge on any atom is 0.107 e. The molecule has 1 N–H and O–H groups in total. The van der Waals surface area contributed by atoms with Crippen molar-refractivity contribution in [2.75, 3.05) is 26.3 Å². The van der Waals surface area contributed by atoms with E-state index in [1.54, 1.807) is 11.3 Å². The van der Waals surface area contributed by atoms with Crippen LogP contribution in [0.3, 0.4) is 0 Å². The molecule has 4 nitrogen and oxygen atoms in total. The zero-order valence-corrected chi connectivity index (χ0v) is 10.4. The van der Waals surface area contributed by atoms with Crippen molar-refractivity contribution < 1.29 is 9.84 Å². The first-order chi connectivity index (χ1) is 7.83. The third-order valence-corrected chi connectivity index (χ3v) is 3.83. The molecule has 1 fully saturated rings. The van der Waals surface area contributed by atoms with Crippen LogP contribution in [-0.2, 0) is 24.3 Å². The van der Waals surface area contributed by atoms with Gasteiger partial charge in [-0.2, -0.15) is 0 Å². The topological polar surface area (TPSA) is 45.6 Å². The number of aryl methyl sites for hydroxylation is 1. The number of morpholine rings is 1. The molecule has 0 unspecified atom stereocenters. The molecule has 2 rings (SSSR count). The summed E-state index contributed by atoms with van der Waals surface area (Å²) in [6, 6.07) is 0. The summed E-state index contributed by atoms with van der Waals surface area (Å²) in [7, 11) is 0. The van der Waals surface area contributed by atoms with Gasteiger partial charge in [0.2, 0.25) is 0 Å². The Labute approximate surface area is 99.9 Å². The molecule has 1 saturated heterocycles. The molecule has 0 aliphatic carbocycles. The van der Waals surface area contributed by atoms with Gasteiger partial charge < -0.3 is 9.84 Å². The van der Waals surface area contributed by atoms with Crippen LogP contribution in [-0.4, -0.2) is 41.3 Å². The maximum absolute atomic E-state index is 9.21. The summed E-state index contributed by atoms with van der Waals surface area (Å²) in [6.07, 6.45) is 0.898. The largest absolute Gasteiger partial charge is 0.391 e. The van der Waals surface area contributed by atoms with Crippen LogP contribution >= 0.6 is 11.3 Å². The molecule has 0 spiro atoms. The number of nitrogens with zero attached hydrogens (tertiary/aromatic N) is 2. The second-order valence-corrected chi connectivity index (χ2v) is 5.05. The van der Waals surface area contributed by atoms with Crippen molar-refractivity contribution in [1.82, 2.24) is 9.88 Å². The van der Waals surface area contributed by atoms with E-state index in [2.05, 4.69) is 16.8 Å². The summed E-state index contributed by atoms with van der Waals surface area (Å²) in [5.41, 5.74) is 1.05. The number of aromatic nitrogens is 1. The van der Waals surface area contributed by atoms with Crippen LogP contribution in [0.5, 0.6) is 0 Å². The van der Waals surface area contributed by atoms with Gasteiger partial charge in [-0.25, -0.2) is 4.98 Å². The molecule has 0 saturated carbocycles. The highest BCUT2D eigenvalue weighted by Crippen LogP contribution is 2.20. The third-order valence-electron chi connectivity index (χ3n) is 2.76. The lowest BCUT2D eigenvalue weighted by atomic mass is 10.3. The Morgan fingerprint density at radius 3 is 2.75 bits per heavy atom. The van der Waals surface area contributed by atoms with Gasteiger partial charge in [0.15, 0.2) is 0 Å². The normalized spacial score (nSPS) is 17.9. The lowest BCUT2D eigenvalue weighted by Crippen LogP contribution is -2.35. The van der Waals surface area contributed by atoms with Crippen LogP contribution in [0.4, 0.5) is 0 Å². The van der Waals surface area contributed by atoms with Crippen LogP contribution < -0.4 is 0 Å². The van der Waals surface area contributed by atoms with E-state index in [0.29, 0.717) is 0 Å². The van der Waals surface area contributed by atoms with E-state index in [1.807, 2.05) is 0 Å². The molecule has 0 atom stereocenters. The van der Waals surface area contributed by atoms with E-state index in [0.717, 1.165) is 54.8 Å². The molecule has 0 radical (unpaired) electrons. The summed E-state index contributed by atoms with van der Waals surface area (Å²) in [4.78, 5) is 7.94. The van der Waals surface area contributed by atoms with Crippen molar-refractivity contribution in [3.05, 3.63) is 15.6 Å². The second-order valence-electron chi connectivity index (χ2n) is 3.88. The van der Waals surface area contributed by atoms with Crippen LogP contribution in [0, 0.1) is 0 Å². The number of hydrogen-bond acceptors (Lipinski definition) is 5. The standard InChI is InChI=1S/C11H18N2O2S/c1-2-9-10(8-14)16-11(12-9)7-13-3-5-15-6-4-13/h14H,2-8H2,1H3. The Morgan fingerprint density at radius 2 is 2.19 bits per heavy atom. The summed E-state index contributed by atoms with van der Waals surface area (Å²) < 4.78 is 5.31. The third kappa shape index (κ3) is 2.79. The van der Waals surface area contributed by atoms with Gasteiger partial charge in [-0.1, -0.05) is 6.92 Å². The van der Waals surface area contributed by atoms with Gasteiger partial charge in [-0.3, -0.25) is 4.90 Å². The predicted octanol–water partition coefficient (Wildman–Crippen LogP) is 1.03. The van der Waals surface area contributed by atoms with Crippen LogP contribution in [0.15, 0.2) is 0 Å². The number of ether oxygens (including phenoxy) is 1. The van der Waals surface area contributed by atoms with Gasteiger partial charge in [0, 0.05) is 13.1 Å². The Kier molecular flexibility index (Phi) is 4.29. The maximum atomic E-state index is 9.21. The van der Waals surface area contributed by atoms with E-state index in [-0.39, 0.29) is 6.61 Å². The van der Waals surface area contributed by atoms with Gasteiger partial charge in [0.1, 0.15) is 5.01 Å². The molecule has 1 aliphatic heterocycles. The average molecular weight is 242 g/mol. The lowest BCUT2D eigenvalue weighted by Gasteiger charge is -2.25. The van der Waals surface area contributed by atoms with Crippen LogP contribution in [0.2, 0.25) is 0 Å². The van der Waals surface area contributed by atoms with Gasteiger partial charge in [-0.15, -0.1) is 11.3 Å². The number of aliphatic hydroxyl groups is 1. The monoisotopic (exact) mass is 242 g/mol. The van der Waals surface area contributed by atoms with E-state index in [9.17, 15) is 5.11 Å². The molecule has 1 aliphatic rings. The van der Waals surface area contributed by atoms with E-state index in [4.69, 9.17) is 4.74 Å². The number of aliphatic hydroxyl groups excluding tert-OH is 1. The fraction of sp³-hybridized carbons (Fsp3) is 0.727. The van der Waals surface area contributed by atoms with Crippen molar-refractivity contribution in [1.29, 1.82) is 0 Å². The van der Waals surface area contributed by atoms with Gasteiger partial charge in [0.05, 0.1) is 36.9 Å². The van der Waals surface area contributed by atoms with Crippen molar-refractivity contribution in [2.24, 2.45) is 0 Å². The Bertz CT molecular complexity index is 313. The van der Waals surface area contributed by atoms with Gasteiger partial charge in [-0.05, 0) is 6.42 Å². The highest BCUT2D eigenvalue weighted by molar-refractivity contribution is 7.11. The smallest absolute Gasteiger partial charge is 0.107 e. The minimum Gasteiger partial charge on any atom is -0.391 e. The van der Waals surface area contributed by atoms with Crippen molar-refractivity contribution >= 4 is 11.3 Å². The molecule has 0 amide bonds. The number of hydrogen-bond donors (Lipinski definition) is 1. The minimum atomic E-state index is 0.115. The van der Waals surface area contributed by atoms with E-state index >= 15 is 0 Å². The molecule has 90 valence electrons. The first kappa shape index (κ1) is 12.0. The zero-order chi connectivity index (χ0) is 11.4. The van der Waals surface area contributed by atoms with Crippen molar-refractivity contribution in [3.8, 4) is 0 Å². The fourth-order valence-corrected chi connectivity index (χ4v) is 2.91. The molecule has 1 aromatic rings. The summed E-state index contributed by atoms with van der Waals surface area (Å²) in [6.45, 7) is 6.68. The van der Waals surface area contributed by atoms with Crippen LogP contribution in [0.1, 0.15) is 22.5 Å². The van der Waals surface area contributed by atoms with Gasteiger partial charge >= 0.3 is 0 Å². The summed E-state index contributed by atoms with van der Waals surface area (Å²) >= 11 is 1.63. The Morgan fingerprint density at radius 1 is 1.44 bits per heavy atom. The minimum absolute atomic E-state index is 0.115. The first-order valence-corrected chi connectivity index (χ1v) is 6.53. The van der Waals surface area contributed by atoms with E-state index in [1.165, 1.54) is 0 Å². The molecule has 1 aromatic heterocycles. The number of thiazole rings is 1. The molecule has 0 bridgehead atoms. The molecule has 16 heavy (non-hydrogen) atoms.